The Labute approximate surface area is 149 Å². The number of ether oxygens (including phenoxy) is 2. The van der Waals surface area contributed by atoms with Gasteiger partial charge in [0.15, 0.2) is 5.78 Å². The number of hydrogen-bond donors (Lipinski definition) is 0. The van der Waals surface area contributed by atoms with Crippen molar-refractivity contribution in [2.45, 2.75) is 78.7 Å². The van der Waals surface area contributed by atoms with Gasteiger partial charge in [0.05, 0.1) is 11.8 Å². The molecular formula is C19H35O4P. The number of rotatable bonds is 9. The van der Waals surface area contributed by atoms with Crippen LogP contribution >= 0.6 is 8.58 Å². The molecule has 0 saturated heterocycles. The van der Waals surface area contributed by atoms with Gasteiger partial charge in [0, 0.05) is 0 Å². The minimum atomic E-state index is -0.792. The van der Waals surface area contributed by atoms with Crippen molar-refractivity contribution in [1.82, 2.24) is 0 Å². The summed E-state index contributed by atoms with van der Waals surface area (Å²) >= 11 is 0. The second-order valence-corrected chi connectivity index (χ2v) is 10.2. The fourth-order valence-corrected chi connectivity index (χ4v) is 3.43. The van der Waals surface area contributed by atoms with Crippen LogP contribution in [0.5, 0.6) is 0 Å². The summed E-state index contributed by atoms with van der Waals surface area (Å²) in [6, 6.07) is 0. The minimum absolute atomic E-state index is 0.0415. The van der Waals surface area contributed by atoms with Crippen molar-refractivity contribution < 1.29 is 19.1 Å². The van der Waals surface area contributed by atoms with Gasteiger partial charge in [-0.2, -0.15) is 0 Å². The molecule has 24 heavy (non-hydrogen) atoms. The Kier molecular flexibility index (Phi) is 8.32. The Balaban J connectivity index is 4.86. The zero-order chi connectivity index (χ0) is 19.3. The van der Waals surface area contributed by atoms with E-state index in [4.69, 9.17) is 9.47 Å². The third-order valence-corrected chi connectivity index (χ3v) is 5.21. The molecule has 0 amide bonds. The molecule has 0 fully saturated rings. The maximum Gasteiger partial charge on any atom is 0.316 e. The Morgan fingerprint density at radius 1 is 1.12 bits per heavy atom. The lowest BCUT2D eigenvalue weighted by molar-refractivity contribution is -0.167. The molecule has 0 rings (SSSR count). The van der Waals surface area contributed by atoms with Gasteiger partial charge in [-0.1, -0.05) is 27.4 Å². The second-order valence-electron chi connectivity index (χ2n) is 8.57. The highest BCUT2D eigenvalue weighted by Crippen LogP contribution is 2.41. The van der Waals surface area contributed by atoms with E-state index in [1.807, 2.05) is 13.6 Å². The third-order valence-electron chi connectivity index (χ3n) is 3.73. The molecule has 0 aromatic heterocycles. The summed E-state index contributed by atoms with van der Waals surface area (Å²) in [5.74, 6) is -0.338. The van der Waals surface area contributed by atoms with E-state index < -0.39 is 16.9 Å². The molecule has 0 radical (unpaired) electrons. The van der Waals surface area contributed by atoms with E-state index in [1.54, 1.807) is 27.7 Å². The van der Waals surface area contributed by atoms with Gasteiger partial charge in [0.2, 0.25) is 0 Å². The molecule has 5 heteroatoms. The Morgan fingerprint density at radius 3 is 2.00 bits per heavy atom. The average molecular weight is 358 g/mol. The highest BCUT2D eigenvalue weighted by atomic mass is 31.1. The average Bonchev–Trinajstić information content (AvgIpc) is 2.41. The molecule has 0 saturated carbocycles. The van der Waals surface area contributed by atoms with Gasteiger partial charge in [-0.25, -0.2) is 0 Å². The van der Waals surface area contributed by atoms with E-state index in [9.17, 15) is 9.59 Å². The first kappa shape index (κ1) is 23.3. The van der Waals surface area contributed by atoms with E-state index in [0.29, 0.717) is 14.2 Å². The van der Waals surface area contributed by atoms with Crippen molar-refractivity contribution in [3.8, 4) is 0 Å². The fourth-order valence-electron chi connectivity index (χ4n) is 2.46. The van der Waals surface area contributed by atoms with Crippen molar-refractivity contribution >= 4 is 20.3 Å². The zero-order valence-corrected chi connectivity index (χ0v) is 17.8. The largest absolute Gasteiger partial charge is 0.457 e. The molecular weight excluding hydrogens is 323 g/mol. The standard InChI is InChI=1S/C19H35O4P/c1-13(2)15(20)14(3)22-12-18(7,8)23-16(21)19(9,24-10)11-17(4,5)6/h14,24H,1,11-12H2,2-10H3. The monoisotopic (exact) mass is 358 g/mol. The first-order chi connectivity index (χ1) is 10.6. The van der Waals surface area contributed by atoms with Crippen LogP contribution in [-0.4, -0.2) is 41.9 Å². The first-order valence-electron chi connectivity index (χ1n) is 8.37. The topological polar surface area (TPSA) is 52.6 Å². The van der Waals surface area contributed by atoms with Crippen LogP contribution in [0.25, 0.3) is 0 Å². The van der Waals surface area contributed by atoms with Crippen molar-refractivity contribution in [1.29, 1.82) is 0 Å². The smallest absolute Gasteiger partial charge is 0.316 e. The minimum Gasteiger partial charge on any atom is -0.457 e. The molecule has 3 atom stereocenters. The van der Waals surface area contributed by atoms with Gasteiger partial charge in [-0.15, -0.1) is 8.58 Å². The van der Waals surface area contributed by atoms with Crippen LogP contribution < -0.4 is 0 Å². The second kappa shape index (κ2) is 8.58. The van der Waals surface area contributed by atoms with Crippen LogP contribution in [0.3, 0.4) is 0 Å². The number of Topliss-reactive ketones (excluding diaryl/α,β-unsaturated/α-hetero) is 1. The summed E-state index contributed by atoms with van der Waals surface area (Å²) < 4.78 is 11.3. The quantitative estimate of drug-likeness (QED) is 0.349. The van der Waals surface area contributed by atoms with Crippen LogP contribution in [0.4, 0.5) is 0 Å². The van der Waals surface area contributed by atoms with E-state index in [-0.39, 0.29) is 23.8 Å². The normalized spacial score (nSPS) is 16.7. The Morgan fingerprint density at radius 2 is 1.62 bits per heavy atom. The molecule has 0 bridgehead atoms. The summed E-state index contributed by atoms with van der Waals surface area (Å²) in [4.78, 5) is 24.5. The Bertz CT molecular complexity index is 476. The number of carbonyl (C=O) groups excluding carboxylic acids is 2. The van der Waals surface area contributed by atoms with Gasteiger partial charge in [0.1, 0.15) is 11.7 Å². The van der Waals surface area contributed by atoms with Crippen LogP contribution in [0, 0.1) is 5.41 Å². The van der Waals surface area contributed by atoms with Crippen LogP contribution in [0.15, 0.2) is 12.2 Å². The summed E-state index contributed by atoms with van der Waals surface area (Å²) in [5.41, 5.74) is -0.290. The number of hydrogen-bond acceptors (Lipinski definition) is 4. The summed E-state index contributed by atoms with van der Waals surface area (Å²) in [5, 5.41) is -0.505. The molecule has 0 aliphatic rings. The maximum absolute atomic E-state index is 12.7. The first-order valence-corrected chi connectivity index (χ1v) is 9.87. The SMILES string of the molecule is C=C(C)C(=O)C(C)OCC(C)(C)OC(=O)C(C)(CC(C)(C)C)PC. The van der Waals surface area contributed by atoms with Crippen molar-refractivity contribution in [3.63, 3.8) is 0 Å². The van der Waals surface area contributed by atoms with Gasteiger partial charge in [-0.3, -0.25) is 9.59 Å². The lowest BCUT2D eigenvalue weighted by Gasteiger charge is -2.36. The lowest BCUT2D eigenvalue weighted by Crippen LogP contribution is -2.44. The van der Waals surface area contributed by atoms with Gasteiger partial charge in [0.25, 0.3) is 0 Å². The molecule has 0 aromatic carbocycles. The number of ketones is 1. The third kappa shape index (κ3) is 7.90. The Hall–Kier alpha value is -0.730. The van der Waals surface area contributed by atoms with Crippen LogP contribution in [0.1, 0.15) is 61.8 Å². The molecule has 0 spiro atoms. The van der Waals surface area contributed by atoms with E-state index in [0.717, 1.165) is 6.42 Å². The summed E-state index contributed by atoms with van der Waals surface area (Å²) in [7, 11) is 0.451. The predicted molar refractivity (Wildman–Crippen MR) is 102 cm³/mol. The highest BCUT2D eigenvalue weighted by molar-refractivity contribution is 7.40. The van der Waals surface area contributed by atoms with E-state index >= 15 is 0 Å². The molecule has 0 aromatic rings. The van der Waals surface area contributed by atoms with Crippen LogP contribution in [0.2, 0.25) is 0 Å². The van der Waals surface area contributed by atoms with Gasteiger partial charge >= 0.3 is 5.97 Å². The molecule has 4 nitrogen and oxygen atoms in total. The van der Waals surface area contributed by atoms with E-state index in [1.165, 1.54) is 0 Å². The molecule has 0 aliphatic heterocycles. The maximum atomic E-state index is 12.7. The van der Waals surface area contributed by atoms with Gasteiger partial charge in [-0.05, 0) is 58.7 Å². The van der Waals surface area contributed by atoms with Gasteiger partial charge < -0.3 is 9.47 Å². The van der Waals surface area contributed by atoms with Crippen LogP contribution in [-0.2, 0) is 19.1 Å². The number of esters is 1. The molecule has 140 valence electrons. The zero-order valence-electron chi connectivity index (χ0n) is 16.8. The molecule has 0 heterocycles. The highest BCUT2D eigenvalue weighted by Gasteiger charge is 2.40. The lowest BCUT2D eigenvalue weighted by atomic mass is 9.85. The van der Waals surface area contributed by atoms with Crippen molar-refractivity contribution in [2.75, 3.05) is 13.3 Å². The predicted octanol–water partition coefficient (Wildman–Crippen LogP) is 4.36. The molecule has 3 unspecified atom stereocenters. The van der Waals surface area contributed by atoms with Crippen molar-refractivity contribution in [3.05, 3.63) is 12.2 Å². The summed E-state index contributed by atoms with van der Waals surface area (Å²) in [6.45, 7) is 21.1. The van der Waals surface area contributed by atoms with Crippen molar-refractivity contribution in [2.24, 2.45) is 5.41 Å². The fraction of sp³-hybridized carbons (Fsp3) is 0.789. The molecule has 0 N–H and O–H groups in total. The summed E-state index contributed by atoms with van der Waals surface area (Å²) in [6.07, 6.45) is 0.171. The number of carbonyl (C=O) groups is 2. The molecule has 0 aliphatic carbocycles. The van der Waals surface area contributed by atoms with E-state index in [2.05, 4.69) is 27.4 Å².